The Balaban J connectivity index is 2.15. The van der Waals surface area contributed by atoms with E-state index in [4.69, 9.17) is 16.0 Å². The second-order valence-corrected chi connectivity index (χ2v) is 5.33. The maximum absolute atomic E-state index is 12.5. The lowest BCUT2D eigenvalue weighted by molar-refractivity contribution is 0.101. The summed E-state index contributed by atoms with van der Waals surface area (Å²) in [5, 5.41) is 1.52. The molecule has 0 saturated heterocycles. The first-order valence-electron chi connectivity index (χ1n) is 6.36. The second-order valence-electron chi connectivity index (χ2n) is 4.90. The van der Waals surface area contributed by atoms with Crippen LogP contribution in [-0.2, 0) is 0 Å². The van der Waals surface area contributed by atoms with E-state index in [1.165, 1.54) is 0 Å². The van der Waals surface area contributed by atoms with Gasteiger partial charge in [-0.3, -0.25) is 4.79 Å². The minimum absolute atomic E-state index is 0.140. The van der Waals surface area contributed by atoms with Gasteiger partial charge < -0.3 is 4.42 Å². The number of rotatable bonds is 2. The molecule has 0 aliphatic carbocycles. The number of carbonyl (C=O) groups is 1. The highest BCUT2D eigenvalue weighted by molar-refractivity contribution is 6.31. The highest BCUT2D eigenvalue weighted by atomic mass is 35.5. The van der Waals surface area contributed by atoms with Crippen LogP contribution < -0.4 is 0 Å². The van der Waals surface area contributed by atoms with E-state index >= 15 is 0 Å². The summed E-state index contributed by atoms with van der Waals surface area (Å²) in [5.74, 6) is 0.242. The molecule has 0 spiro atoms. The summed E-state index contributed by atoms with van der Waals surface area (Å²) >= 11 is 5.93. The molecule has 0 N–H and O–H groups in total. The molecule has 3 aromatic rings. The van der Waals surface area contributed by atoms with Gasteiger partial charge in [-0.05, 0) is 38.1 Å². The number of hydrogen-bond donors (Lipinski definition) is 0. The summed E-state index contributed by atoms with van der Waals surface area (Å²) in [6.45, 7) is 3.92. The average molecular weight is 285 g/mol. The Morgan fingerprint density at radius 3 is 2.65 bits per heavy atom. The van der Waals surface area contributed by atoms with Crippen molar-refractivity contribution in [2.75, 3.05) is 0 Å². The van der Waals surface area contributed by atoms with Crippen molar-refractivity contribution in [2.45, 2.75) is 13.8 Å². The van der Waals surface area contributed by atoms with E-state index < -0.39 is 0 Å². The van der Waals surface area contributed by atoms with Crippen molar-refractivity contribution >= 4 is 28.4 Å². The predicted molar refractivity (Wildman–Crippen MR) is 80.6 cm³/mol. The molecule has 0 amide bonds. The van der Waals surface area contributed by atoms with E-state index in [1.54, 1.807) is 24.3 Å². The van der Waals surface area contributed by atoms with Gasteiger partial charge in [0.05, 0.1) is 0 Å². The molecule has 1 heterocycles. The zero-order valence-electron chi connectivity index (χ0n) is 11.2. The van der Waals surface area contributed by atoms with Crippen LogP contribution in [0.2, 0.25) is 5.02 Å². The van der Waals surface area contributed by atoms with Crippen molar-refractivity contribution in [1.29, 1.82) is 0 Å². The fourth-order valence-corrected chi connectivity index (χ4v) is 2.50. The van der Waals surface area contributed by atoms with Gasteiger partial charge in [0, 0.05) is 21.5 Å². The minimum Gasteiger partial charge on any atom is -0.452 e. The van der Waals surface area contributed by atoms with E-state index in [0.29, 0.717) is 16.3 Å². The maximum atomic E-state index is 12.5. The SMILES string of the molecule is Cc1ccc2oc(C(=O)c3cccc(Cl)c3)c(C)c2c1. The topological polar surface area (TPSA) is 30.2 Å². The van der Waals surface area contributed by atoms with E-state index in [0.717, 1.165) is 22.1 Å². The van der Waals surface area contributed by atoms with Gasteiger partial charge in [0.1, 0.15) is 5.58 Å². The third kappa shape index (κ3) is 2.12. The van der Waals surface area contributed by atoms with Gasteiger partial charge in [0.15, 0.2) is 5.76 Å². The smallest absolute Gasteiger partial charge is 0.228 e. The van der Waals surface area contributed by atoms with Gasteiger partial charge >= 0.3 is 0 Å². The number of aryl methyl sites for hydroxylation is 2. The molecule has 0 fully saturated rings. The van der Waals surface area contributed by atoms with Crippen molar-refractivity contribution in [3.8, 4) is 0 Å². The fourth-order valence-electron chi connectivity index (χ4n) is 2.31. The molecule has 0 unspecified atom stereocenters. The zero-order chi connectivity index (χ0) is 14.3. The number of furan rings is 1. The van der Waals surface area contributed by atoms with E-state index in [1.807, 2.05) is 32.0 Å². The molecule has 0 aliphatic heterocycles. The standard InChI is InChI=1S/C17H13ClO2/c1-10-6-7-15-14(8-10)11(2)17(20-15)16(19)12-4-3-5-13(18)9-12/h3-9H,1-2H3. The molecule has 3 rings (SSSR count). The van der Waals surface area contributed by atoms with Crippen molar-refractivity contribution in [2.24, 2.45) is 0 Å². The van der Waals surface area contributed by atoms with Crippen LogP contribution in [-0.4, -0.2) is 5.78 Å². The Labute approximate surface area is 122 Å². The highest BCUT2D eigenvalue weighted by Gasteiger charge is 2.19. The van der Waals surface area contributed by atoms with Crippen molar-refractivity contribution in [1.82, 2.24) is 0 Å². The Bertz CT molecular complexity index is 815. The van der Waals surface area contributed by atoms with Gasteiger partial charge in [-0.25, -0.2) is 0 Å². The molecular weight excluding hydrogens is 272 g/mol. The summed E-state index contributed by atoms with van der Waals surface area (Å²) in [6, 6.07) is 12.8. The summed E-state index contributed by atoms with van der Waals surface area (Å²) in [5.41, 5.74) is 3.28. The number of fused-ring (bicyclic) bond motifs is 1. The molecule has 0 bridgehead atoms. The van der Waals surface area contributed by atoms with Gasteiger partial charge in [0.2, 0.25) is 5.78 Å². The van der Waals surface area contributed by atoms with Crippen LogP contribution in [0.1, 0.15) is 27.2 Å². The molecule has 20 heavy (non-hydrogen) atoms. The molecule has 3 heteroatoms. The van der Waals surface area contributed by atoms with Crippen LogP contribution in [0.3, 0.4) is 0 Å². The number of hydrogen-bond acceptors (Lipinski definition) is 2. The zero-order valence-corrected chi connectivity index (χ0v) is 12.0. The van der Waals surface area contributed by atoms with Crippen LogP contribution in [0, 0.1) is 13.8 Å². The van der Waals surface area contributed by atoms with Gasteiger partial charge in [-0.2, -0.15) is 0 Å². The Hall–Kier alpha value is -2.06. The fraction of sp³-hybridized carbons (Fsp3) is 0.118. The highest BCUT2D eigenvalue weighted by Crippen LogP contribution is 2.28. The molecule has 1 aromatic heterocycles. The first kappa shape index (κ1) is 12.9. The van der Waals surface area contributed by atoms with Gasteiger partial charge in [0.25, 0.3) is 0 Å². The largest absolute Gasteiger partial charge is 0.452 e. The first-order valence-corrected chi connectivity index (χ1v) is 6.74. The van der Waals surface area contributed by atoms with Crippen LogP contribution in [0.25, 0.3) is 11.0 Å². The third-order valence-electron chi connectivity index (χ3n) is 3.38. The van der Waals surface area contributed by atoms with Crippen LogP contribution >= 0.6 is 11.6 Å². The number of carbonyl (C=O) groups excluding carboxylic acids is 1. The number of halogens is 1. The lowest BCUT2D eigenvalue weighted by atomic mass is 10.0. The Morgan fingerprint density at radius 1 is 1.10 bits per heavy atom. The van der Waals surface area contributed by atoms with E-state index in [-0.39, 0.29) is 5.78 Å². The number of benzene rings is 2. The van der Waals surface area contributed by atoms with Crippen LogP contribution in [0.5, 0.6) is 0 Å². The molecule has 2 nitrogen and oxygen atoms in total. The molecule has 0 saturated carbocycles. The van der Waals surface area contributed by atoms with E-state index in [9.17, 15) is 4.79 Å². The molecule has 2 aromatic carbocycles. The minimum atomic E-state index is -0.140. The van der Waals surface area contributed by atoms with Gasteiger partial charge in [-0.1, -0.05) is 35.4 Å². The number of ketones is 1. The normalized spacial score (nSPS) is 10.9. The summed E-state index contributed by atoms with van der Waals surface area (Å²) in [7, 11) is 0. The molecule has 100 valence electrons. The molecule has 0 aliphatic rings. The molecule has 0 radical (unpaired) electrons. The summed E-state index contributed by atoms with van der Waals surface area (Å²) < 4.78 is 5.72. The lowest BCUT2D eigenvalue weighted by Crippen LogP contribution is -2.01. The summed E-state index contributed by atoms with van der Waals surface area (Å²) in [4.78, 5) is 12.5. The van der Waals surface area contributed by atoms with E-state index in [2.05, 4.69) is 0 Å². The quantitative estimate of drug-likeness (QED) is 0.624. The van der Waals surface area contributed by atoms with Crippen molar-refractivity contribution in [3.63, 3.8) is 0 Å². The predicted octanol–water partition coefficient (Wildman–Crippen LogP) is 4.93. The Kier molecular flexibility index (Phi) is 3.11. The monoisotopic (exact) mass is 284 g/mol. The lowest BCUT2D eigenvalue weighted by Gasteiger charge is -1.99. The van der Waals surface area contributed by atoms with Crippen LogP contribution in [0.4, 0.5) is 0 Å². The molecule has 0 atom stereocenters. The average Bonchev–Trinajstić information content (AvgIpc) is 2.75. The summed E-state index contributed by atoms with van der Waals surface area (Å²) in [6.07, 6.45) is 0. The maximum Gasteiger partial charge on any atom is 0.228 e. The third-order valence-corrected chi connectivity index (χ3v) is 3.62. The first-order chi connectivity index (χ1) is 9.56. The van der Waals surface area contributed by atoms with Gasteiger partial charge in [-0.15, -0.1) is 0 Å². The molecular formula is C17H13ClO2. The van der Waals surface area contributed by atoms with Crippen molar-refractivity contribution in [3.05, 3.63) is 69.9 Å². The van der Waals surface area contributed by atoms with Crippen LogP contribution in [0.15, 0.2) is 46.9 Å². The second kappa shape index (κ2) is 4.80. The van der Waals surface area contributed by atoms with Crippen molar-refractivity contribution < 1.29 is 9.21 Å². The Morgan fingerprint density at radius 2 is 1.90 bits per heavy atom.